The van der Waals surface area contributed by atoms with E-state index in [-0.39, 0.29) is 17.9 Å². The number of amides is 1. The summed E-state index contributed by atoms with van der Waals surface area (Å²) in [6, 6.07) is 7.91. The molecule has 1 aliphatic rings. The Balaban J connectivity index is 2.08. The minimum absolute atomic E-state index is 0.0181. The lowest BCUT2D eigenvalue weighted by molar-refractivity contribution is -0.126. The second-order valence-corrected chi connectivity index (χ2v) is 5.19. The van der Waals surface area contributed by atoms with Gasteiger partial charge >= 0.3 is 0 Å². The molecule has 0 unspecified atom stereocenters. The fourth-order valence-electron chi connectivity index (χ4n) is 2.68. The third kappa shape index (κ3) is 3.41. The van der Waals surface area contributed by atoms with Crippen molar-refractivity contribution in [3.05, 3.63) is 42.0 Å². The van der Waals surface area contributed by atoms with Crippen LogP contribution in [-0.2, 0) is 4.79 Å². The van der Waals surface area contributed by atoms with Crippen LogP contribution in [0.15, 0.2) is 36.4 Å². The number of allylic oxidation sites excluding steroid dienone is 2. The van der Waals surface area contributed by atoms with Crippen molar-refractivity contribution in [1.82, 2.24) is 5.32 Å². The number of hydrogen-bond donors (Lipinski definition) is 1. The molecule has 20 heavy (non-hydrogen) atoms. The first-order valence-electron chi connectivity index (χ1n) is 7.34. The van der Waals surface area contributed by atoms with E-state index < -0.39 is 0 Å². The summed E-state index contributed by atoms with van der Waals surface area (Å²) in [7, 11) is 1.67. The van der Waals surface area contributed by atoms with E-state index >= 15 is 0 Å². The molecule has 0 saturated heterocycles. The van der Waals surface area contributed by atoms with Crippen molar-refractivity contribution in [2.24, 2.45) is 5.92 Å². The van der Waals surface area contributed by atoms with Gasteiger partial charge in [0, 0.05) is 11.5 Å². The first-order valence-corrected chi connectivity index (χ1v) is 7.34. The van der Waals surface area contributed by atoms with Gasteiger partial charge in [-0.3, -0.25) is 4.79 Å². The Morgan fingerprint density at radius 2 is 2.20 bits per heavy atom. The van der Waals surface area contributed by atoms with Crippen LogP contribution in [0, 0.1) is 5.92 Å². The van der Waals surface area contributed by atoms with Gasteiger partial charge in [-0.25, -0.2) is 0 Å². The molecule has 0 aliphatic heterocycles. The number of nitrogens with one attached hydrogen (secondary N) is 1. The highest BCUT2D eigenvalue weighted by atomic mass is 16.5. The molecule has 2 atom stereocenters. The number of ether oxygens (including phenoxy) is 1. The van der Waals surface area contributed by atoms with Crippen molar-refractivity contribution in [2.75, 3.05) is 7.11 Å². The maximum Gasteiger partial charge on any atom is 0.223 e. The Kier molecular flexibility index (Phi) is 5.22. The molecule has 1 N–H and O–H groups in total. The summed E-state index contributed by atoms with van der Waals surface area (Å²) in [5.41, 5.74) is 1.05. The maximum atomic E-state index is 12.4. The Morgan fingerprint density at radius 1 is 1.40 bits per heavy atom. The van der Waals surface area contributed by atoms with E-state index in [1.54, 1.807) is 7.11 Å². The molecule has 0 saturated carbocycles. The van der Waals surface area contributed by atoms with E-state index in [0.717, 1.165) is 37.0 Å². The predicted octanol–water partition coefficient (Wildman–Crippen LogP) is 3.62. The fourth-order valence-corrected chi connectivity index (χ4v) is 2.68. The van der Waals surface area contributed by atoms with Gasteiger partial charge in [-0.2, -0.15) is 0 Å². The average molecular weight is 273 g/mol. The topological polar surface area (TPSA) is 38.3 Å². The molecule has 2 rings (SSSR count). The van der Waals surface area contributed by atoms with Crippen LogP contribution < -0.4 is 10.1 Å². The number of hydrogen-bond acceptors (Lipinski definition) is 2. The SMILES string of the molecule is CC[C@H](NC(=O)[C@@H]1CC=CCC1)c1ccccc1OC. The van der Waals surface area contributed by atoms with Gasteiger partial charge in [0.1, 0.15) is 5.75 Å². The summed E-state index contributed by atoms with van der Waals surface area (Å²) < 4.78 is 5.39. The molecular weight excluding hydrogens is 250 g/mol. The molecule has 0 bridgehead atoms. The fraction of sp³-hybridized carbons (Fsp3) is 0.471. The van der Waals surface area contributed by atoms with E-state index in [9.17, 15) is 4.79 Å². The van der Waals surface area contributed by atoms with Crippen molar-refractivity contribution < 1.29 is 9.53 Å². The average Bonchev–Trinajstić information content (AvgIpc) is 2.53. The third-order valence-electron chi connectivity index (χ3n) is 3.88. The minimum atomic E-state index is 0.0181. The lowest BCUT2D eigenvalue weighted by Crippen LogP contribution is -2.34. The molecule has 3 nitrogen and oxygen atoms in total. The van der Waals surface area contributed by atoms with Crippen molar-refractivity contribution in [2.45, 2.75) is 38.6 Å². The van der Waals surface area contributed by atoms with Crippen LogP contribution in [-0.4, -0.2) is 13.0 Å². The number of benzene rings is 1. The number of carbonyl (C=O) groups is 1. The van der Waals surface area contributed by atoms with Crippen LogP contribution in [0.3, 0.4) is 0 Å². The molecule has 0 spiro atoms. The lowest BCUT2D eigenvalue weighted by Gasteiger charge is -2.24. The summed E-state index contributed by atoms with van der Waals surface area (Å²) in [5.74, 6) is 1.11. The summed E-state index contributed by atoms with van der Waals surface area (Å²) in [6.07, 6.45) is 7.93. The zero-order valence-corrected chi connectivity index (χ0v) is 12.3. The molecular formula is C17H23NO2. The van der Waals surface area contributed by atoms with Gasteiger partial charge in [-0.1, -0.05) is 37.3 Å². The van der Waals surface area contributed by atoms with E-state index in [4.69, 9.17) is 4.74 Å². The van der Waals surface area contributed by atoms with Crippen LogP contribution in [0.5, 0.6) is 5.75 Å². The molecule has 1 aromatic rings. The summed E-state index contributed by atoms with van der Waals surface area (Å²) >= 11 is 0. The monoisotopic (exact) mass is 273 g/mol. The van der Waals surface area contributed by atoms with Gasteiger partial charge in [0.25, 0.3) is 0 Å². The lowest BCUT2D eigenvalue weighted by atomic mass is 9.92. The standard InChI is InChI=1S/C17H23NO2/c1-3-15(14-11-7-8-12-16(14)20-2)18-17(19)13-9-5-4-6-10-13/h4-5,7-8,11-13,15H,3,6,9-10H2,1-2H3,(H,18,19)/t13-,15+/m1/s1. The highest BCUT2D eigenvalue weighted by Crippen LogP contribution is 2.28. The second-order valence-electron chi connectivity index (χ2n) is 5.19. The molecule has 1 aliphatic carbocycles. The molecule has 0 aromatic heterocycles. The molecule has 3 heteroatoms. The smallest absolute Gasteiger partial charge is 0.223 e. The van der Waals surface area contributed by atoms with Gasteiger partial charge in [0.15, 0.2) is 0 Å². The number of para-hydroxylation sites is 1. The second kappa shape index (κ2) is 7.13. The predicted molar refractivity (Wildman–Crippen MR) is 80.6 cm³/mol. The van der Waals surface area contributed by atoms with Crippen molar-refractivity contribution in [1.29, 1.82) is 0 Å². The number of carbonyl (C=O) groups excluding carboxylic acids is 1. The minimum Gasteiger partial charge on any atom is -0.496 e. The summed E-state index contributed by atoms with van der Waals surface area (Å²) in [4.78, 5) is 12.4. The van der Waals surface area contributed by atoms with Gasteiger partial charge in [0.2, 0.25) is 5.91 Å². The molecule has 0 heterocycles. The first-order chi connectivity index (χ1) is 9.76. The van der Waals surface area contributed by atoms with Gasteiger partial charge in [-0.15, -0.1) is 0 Å². The van der Waals surface area contributed by atoms with E-state index in [2.05, 4.69) is 24.4 Å². The third-order valence-corrected chi connectivity index (χ3v) is 3.88. The molecule has 1 aromatic carbocycles. The van der Waals surface area contributed by atoms with Crippen LogP contribution in [0.25, 0.3) is 0 Å². The van der Waals surface area contributed by atoms with Crippen molar-refractivity contribution >= 4 is 5.91 Å². The van der Waals surface area contributed by atoms with E-state index in [0.29, 0.717) is 0 Å². The van der Waals surface area contributed by atoms with Crippen molar-refractivity contribution in [3.63, 3.8) is 0 Å². The Hall–Kier alpha value is -1.77. The normalized spacial score (nSPS) is 19.4. The molecule has 0 fully saturated rings. The zero-order valence-electron chi connectivity index (χ0n) is 12.3. The van der Waals surface area contributed by atoms with Crippen LogP contribution in [0.1, 0.15) is 44.2 Å². The maximum absolute atomic E-state index is 12.4. The molecule has 0 radical (unpaired) electrons. The van der Waals surface area contributed by atoms with Crippen LogP contribution in [0.2, 0.25) is 0 Å². The van der Waals surface area contributed by atoms with E-state index in [1.165, 1.54) is 0 Å². The number of methoxy groups -OCH3 is 1. The van der Waals surface area contributed by atoms with Gasteiger partial charge in [0.05, 0.1) is 13.2 Å². The largest absolute Gasteiger partial charge is 0.496 e. The molecule has 108 valence electrons. The summed E-state index contributed by atoms with van der Waals surface area (Å²) in [6.45, 7) is 2.08. The van der Waals surface area contributed by atoms with Crippen molar-refractivity contribution in [3.8, 4) is 5.75 Å². The number of rotatable bonds is 5. The van der Waals surface area contributed by atoms with E-state index in [1.807, 2.05) is 24.3 Å². The Bertz CT molecular complexity index is 482. The Labute approximate surface area is 121 Å². The van der Waals surface area contributed by atoms with Crippen LogP contribution in [0.4, 0.5) is 0 Å². The molecule has 1 amide bonds. The van der Waals surface area contributed by atoms with Gasteiger partial charge < -0.3 is 10.1 Å². The quantitative estimate of drug-likeness (QED) is 0.832. The highest BCUT2D eigenvalue weighted by molar-refractivity contribution is 5.79. The van der Waals surface area contributed by atoms with Crippen LogP contribution >= 0.6 is 0 Å². The zero-order chi connectivity index (χ0) is 14.4. The first kappa shape index (κ1) is 14.6. The Morgan fingerprint density at radius 3 is 2.85 bits per heavy atom. The highest BCUT2D eigenvalue weighted by Gasteiger charge is 2.22. The van der Waals surface area contributed by atoms with Gasteiger partial charge in [-0.05, 0) is 31.7 Å². The summed E-state index contributed by atoms with van der Waals surface area (Å²) in [5, 5.41) is 3.17.